The lowest BCUT2D eigenvalue weighted by Gasteiger charge is -2.25. The summed E-state index contributed by atoms with van der Waals surface area (Å²) in [6.45, 7) is 2.16. The van der Waals surface area contributed by atoms with Crippen LogP contribution in [0.4, 0.5) is 0 Å². The molecule has 7 nitrogen and oxygen atoms in total. The van der Waals surface area contributed by atoms with Crippen LogP contribution in [0.15, 0.2) is 72.8 Å². The number of benzene rings is 1. The summed E-state index contributed by atoms with van der Waals surface area (Å²) in [5, 5.41) is 11.2. The van der Waals surface area contributed by atoms with Gasteiger partial charge < -0.3 is 14.7 Å². The molecule has 0 unspecified atom stereocenters. The topological polar surface area (TPSA) is 92.6 Å². The molecule has 1 saturated heterocycles. The average Bonchev–Trinajstić information content (AvgIpc) is 3.31. The highest BCUT2D eigenvalue weighted by Crippen LogP contribution is 2.41. The van der Waals surface area contributed by atoms with E-state index in [1.54, 1.807) is 55.1 Å². The smallest absolute Gasteiger partial charge is 0.295 e. The minimum atomic E-state index is -0.757. The van der Waals surface area contributed by atoms with E-state index in [9.17, 15) is 14.7 Å². The van der Waals surface area contributed by atoms with Crippen LogP contribution in [-0.4, -0.2) is 37.8 Å². The van der Waals surface area contributed by atoms with Gasteiger partial charge in [0, 0.05) is 43.3 Å². The summed E-state index contributed by atoms with van der Waals surface area (Å²) in [5.41, 5.74) is 2.93. The Kier molecular flexibility index (Phi) is 4.93. The van der Waals surface area contributed by atoms with E-state index in [2.05, 4.69) is 9.97 Å². The molecule has 0 aliphatic carbocycles. The third kappa shape index (κ3) is 3.41. The molecular formula is C25H21N3O4. The molecule has 5 rings (SSSR count). The average molecular weight is 427 g/mol. The Labute approximate surface area is 185 Å². The lowest BCUT2D eigenvalue weighted by molar-refractivity contribution is -0.140. The number of hydrogen-bond acceptors (Lipinski definition) is 6. The second-order valence-corrected chi connectivity index (χ2v) is 8.03. The maximum absolute atomic E-state index is 13.1. The van der Waals surface area contributed by atoms with Crippen LogP contribution in [0.2, 0.25) is 0 Å². The summed E-state index contributed by atoms with van der Waals surface area (Å²) in [5.74, 6) is -0.809. The van der Waals surface area contributed by atoms with Crippen LogP contribution < -0.4 is 4.74 Å². The van der Waals surface area contributed by atoms with Crippen LogP contribution >= 0.6 is 0 Å². The summed E-state index contributed by atoms with van der Waals surface area (Å²) < 4.78 is 5.74. The molecule has 2 atom stereocenters. The van der Waals surface area contributed by atoms with E-state index in [1.807, 2.05) is 19.1 Å². The van der Waals surface area contributed by atoms with Gasteiger partial charge in [-0.15, -0.1) is 0 Å². The Bertz CT molecular complexity index is 1220. The van der Waals surface area contributed by atoms with Crippen LogP contribution in [0.1, 0.15) is 35.2 Å². The lowest BCUT2D eigenvalue weighted by Crippen LogP contribution is -2.29. The number of aromatic nitrogens is 2. The van der Waals surface area contributed by atoms with Gasteiger partial charge in [0.1, 0.15) is 17.6 Å². The number of likely N-dealkylation sites (tertiary alicyclic amines) is 1. The Hall–Kier alpha value is -4.00. The second kappa shape index (κ2) is 7.92. The first kappa shape index (κ1) is 19.9. The SMILES string of the molecule is C[C@H]1Cc2cc(C(O)=C3C(=O)C(=O)N(Cc4cccnc4)[C@H]3c3cccnc3)ccc2O1. The molecule has 1 N–H and O–H groups in total. The first-order valence-corrected chi connectivity index (χ1v) is 10.4. The number of ketones is 1. The number of amides is 1. The monoisotopic (exact) mass is 427 g/mol. The Balaban J connectivity index is 1.62. The summed E-state index contributed by atoms with van der Waals surface area (Å²) in [4.78, 5) is 35.9. The molecule has 0 spiro atoms. The van der Waals surface area contributed by atoms with E-state index in [4.69, 9.17) is 4.74 Å². The zero-order valence-electron chi connectivity index (χ0n) is 17.4. The standard InChI is InChI=1S/C25H21N3O4/c1-15-10-19-11-17(6-7-20(19)32-15)23(29)21-22(18-5-3-9-27-13-18)28(25(31)24(21)30)14-16-4-2-8-26-12-16/h2-9,11-13,15,22,29H,10,14H2,1H3/t15-,22-/m0/s1. The minimum Gasteiger partial charge on any atom is -0.507 e. The number of fused-ring (bicyclic) bond motifs is 1. The number of aliphatic hydroxyl groups is 1. The molecule has 3 aromatic rings. The third-order valence-electron chi connectivity index (χ3n) is 5.79. The van der Waals surface area contributed by atoms with Gasteiger partial charge in [-0.05, 0) is 53.9 Å². The summed E-state index contributed by atoms with van der Waals surface area (Å²) in [7, 11) is 0. The second-order valence-electron chi connectivity index (χ2n) is 8.03. The number of rotatable bonds is 4. The van der Waals surface area contributed by atoms with Crippen molar-refractivity contribution in [3.8, 4) is 5.75 Å². The molecule has 2 aromatic heterocycles. The molecule has 4 heterocycles. The predicted octanol–water partition coefficient (Wildman–Crippen LogP) is 3.42. The van der Waals surface area contributed by atoms with Gasteiger partial charge in [0.15, 0.2) is 0 Å². The molecule has 0 radical (unpaired) electrons. The van der Waals surface area contributed by atoms with Crippen LogP contribution in [0.3, 0.4) is 0 Å². The molecular weight excluding hydrogens is 406 g/mol. The molecule has 2 aliphatic rings. The van der Waals surface area contributed by atoms with Crippen molar-refractivity contribution in [1.29, 1.82) is 0 Å². The molecule has 0 saturated carbocycles. The highest BCUT2D eigenvalue weighted by Gasteiger charge is 2.46. The van der Waals surface area contributed by atoms with E-state index < -0.39 is 17.7 Å². The quantitative estimate of drug-likeness (QED) is 0.390. The fourth-order valence-corrected chi connectivity index (χ4v) is 4.34. The van der Waals surface area contributed by atoms with Gasteiger partial charge in [0.05, 0.1) is 11.6 Å². The van der Waals surface area contributed by atoms with E-state index in [0.29, 0.717) is 11.1 Å². The Morgan fingerprint density at radius 1 is 1.12 bits per heavy atom. The highest BCUT2D eigenvalue weighted by atomic mass is 16.5. The largest absolute Gasteiger partial charge is 0.507 e. The van der Waals surface area contributed by atoms with Crippen LogP contribution in [0, 0.1) is 0 Å². The van der Waals surface area contributed by atoms with Crippen LogP contribution in [-0.2, 0) is 22.6 Å². The summed E-state index contributed by atoms with van der Waals surface area (Å²) in [6, 6.07) is 11.7. The maximum atomic E-state index is 13.1. The van der Waals surface area contributed by atoms with Crippen LogP contribution in [0.5, 0.6) is 5.75 Å². The van der Waals surface area contributed by atoms with Crippen molar-refractivity contribution in [1.82, 2.24) is 14.9 Å². The lowest BCUT2D eigenvalue weighted by atomic mass is 9.95. The van der Waals surface area contributed by atoms with Crippen molar-refractivity contribution >= 4 is 17.4 Å². The van der Waals surface area contributed by atoms with Crippen molar-refractivity contribution in [3.05, 3.63) is 95.1 Å². The molecule has 2 aliphatic heterocycles. The van der Waals surface area contributed by atoms with E-state index >= 15 is 0 Å². The van der Waals surface area contributed by atoms with Crippen molar-refractivity contribution in [2.45, 2.75) is 32.0 Å². The van der Waals surface area contributed by atoms with Crippen molar-refractivity contribution < 1.29 is 19.4 Å². The number of carbonyl (C=O) groups excluding carboxylic acids is 2. The van der Waals surface area contributed by atoms with Gasteiger partial charge in [-0.25, -0.2) is 0 Å². The first-order chi connectivity index (χ1) is 15.5. The number of Topliss-reactive ketones (excluding diaryl/α,β-unsaturated/α-hetero) is 1. The molecule has 7 heteroatoms. The number of hydrogen-bond donors (Lipinski definition) is 1. The van der Waals surface area contributed by atoms with E-state index in [1.165, 1.54) is 4.90 Å². The number of carbonyl (C=O) groups is 2. The molecule has 160 valence electrons. The molecule has 1 fully saturated rings. The van der Waals surface area contributed by atoms with Crippen molar-refractivity contribution in [2.24, 2.45) is 0 Å². The third-order valence-corrected chi connectivity index (χ3v) is 5.79. The maximum Gasteiger partial charge on any atom is 0.295 e. The van der Waals surface area contributed by atoms with E-state index in [0.717, 1.165) is 23.3 Å². The molecule has 1 aromatic carbocycles. The number of aliphatic hydroxyl groups excluding tert-OH is 1. The molecule has 0 bridgehead atoms. The van der Waals surface area contributed by atoms with Crippen LogP contribution in [0.25, 0.3) is 5.76 Å². The van der Waals surface area contributed by atoms with Crippen molar-refractivity contribution in [3.63, 3.8) is 0 Å². The predicted molar refractivity (Wildman–Crippen MR) is 117 cm³/mol. The Morgan fingerprint density at radius 3 is 2.62 bits per heavy atom. The van der Waals surface area contributed by atoms with Gasteiger partial charge in [0.2, 0.25) is 0 Å². The van der Waals surface area contributed by atoms with Gasteiger partial charge in [-0.3, -0.25) is 19.6 Å². The molecule has 32 heavy (non-hydrogen) atoms. The zero-order valence-corrected chi connectivity index (χ0v) is 17.4. The number of nitrogens with zero attached hydrogens (tertiary/aromatic N) is 3. The zero-order chi connectivity index (χ0) is 22.2. The van der Waals surface area contributed by atoms with Gasteiger partial charge in [-0.2, -0.15) is 0 Å². The Morgan fingerprint density at radius 2 is 1.91 bits per heavy atom. The first-order valence-electron chi connectivity index (χ1n) is 10.4. The van der Waals surface area contributed by atoms with Crippen molar-refractivity contribution in [2.75, 3.05) is 0 Å². The fourth-order valence-electron chi connectivity index (χ4n) is 4.34. The minimum absolute atomic E-state index is 0.0544. The number of ether oxygens (including phenoxy) is 1. The highest BCUT2D eigenvalue weighted by molar-refractivity contribution is 6.46. The van der Waals surface area contributed by atoms with Gasteiger partial charge >= 0.3 is 0 Å². The van der Waals surface area contributed by atoms with E-state index in [-0.39, 0.29) is 24.0 Å². The molecule has 1 amide bonds. The van der Waals surface area contributed by atoms with Gasteiger partial charge in [-0.1, -0.05) is 12.1 Å². The fraction of sp³-hybridized carbons (Fsp3) is 0.200. The number of pyridine rings is 2. The normalized spacial score (nSPS) is 21.5. The summed E-state index contributed by atoms with van der Waals surface area (Å²) >= 11 is 0. The summed E-state index contributed by atoms with van der Waals surface area (Å²) in [6.07, 6.45) is 7.31. The van der Waals surface area contributed by atoms with Gasteiger partial charge in [0.25, 0.3) is 11.7 Å².